The average Bonchev–Trinajstić information content (AvgIpc) is 2.99. The van der Waals surface area contributed by atoms with E-state index in [-0.39, 0.29) is 5.82 Å². The first-order valence-corrected chi connectivity index (χ1v) is 7.08. The number of carbonyl (C=O) groups is 1. The minimum absolute atomic E-state index is 0.374. The molecular weight excluding hydrogens is 299 g/mol. The van der Waals surface area contributed by atoms with Crippen molar-refractivity contribution in [3.8, 4) is 0 Å². The molecule has 2 aromatic heterocycles. The first-order chi connectivity index (χ1) is 11.0. The number of amides is 1. The zero-order valence-electron chi connectivity index (χ0n) is 12.4. The fourth-order valence-electron chi connectivity index (χ4n) is 2.67. The van der Waals surface area contributed by atoms with Crippen LogP contribution < -0.4 is 11.4 Å². The molecule has 0 spiro atoms. The number of benzene rings is 1. The van der Waals surface area contributed by atoms with E-state index in [1.165, 1.54) is 22.7 Å². The predicted octanol–water partition coefficient (Wildman–Crippen LogP) is 1.47. The Kier molecular flexibility index (Phi) is 3.69. The maximum atomic E-state index is 13.1. The van der Waals surface area contributed by atoms with E-state index in [2.05, 4.69) is 5.10 Å². The zero-order chi connectivity index (χ0) is 16.6. The highest BCUT2D eigenvalue weighted by atomic mass is 19.1. The lowest BCUT2D eigenvalue weighted by atomic mass is 9.93. The van der Waals surface area contributed by atoms with Crippen LogP contribution in [0.1, 0.15) is 24.4 Å². The van der Waals surface area contributed by atoms with Gasteiger partial charge in [0, 0.05) is 12.1 Å². The highest BCUT2D eigenvalue weighted by Crippen LogP contribution is 2.27. The third-order valence-corrected chi connectivity index (χ3v) is 3.92. The summed E-state index contributed by atoms with van der Waals surface area (Å²) in [5.41, 5.74) is 6.37. The summed E-state index contributed by atoms with van der Waals surface area (Å²) in [4.78, 5) is 24.5. The number of fused-ring (bicyclic) bond motifs is 1. The van der Waals surface area contributed by atoms with E-state index in [1.54, 1.807) is 37.4 Å². The molecule has 0 bridgehead atoms. The van der Waals surface area contributed by atoms with E-state index in [0.717, 1.165) is 4.68 Å². The molecule has 0 saturated heterocycles. The van der Waals surface area contributed by atoms with Gasteiger partial charge in [0.2, 0.25) is 5.91 Å². The van der Waals surface area contributed by atoms with Crippen LogP contribution in [0.15, 0.2) is 53.6 Å². The average molecular weight is 314 g/mol. The van der Waals surface area contributed by atoms with Crippen LogP contribution in [0.25, 0.3) is 5.52 Å². The number of rotatable bonds is 4. The van der Waals surface area contributed by atoms with Crippen LogP contribution in [0.3, 0.4) is 0 Å². The molecule has 1 amide bonds. The number of nitrogens with zero attached hydrogens (tertiary/aromatic N) is 3. The van der Waals surface area contributed by atoms with Crippen molar-refractivity contribution in [2.24, 2.45) is 5.73 Å². The number of primary amides is 1. The van der Waals surface area contributed by atoms with Crippen molar-refractivity contribution < 1.29 is 9.18 Å². The summed E-state index contributed by atoms with van der Waals surface area (Å²) in [7, 11) is 0. The van der Waals surface area contributed by atoms with Gasteiger partial charge in [-0.1, -0.05) is 19.1 Å². The second kappa shape index (κ2) is 5.68. The Labute approximate surface area is 131 Å². The molecule has 0 saturated carbocycles. The lowest BCUT2D eigenvalue weighted by Gasteiger charge is -2.22. The second-order valence-corrected chi connectivity index (χ2v) is 5.36. The minimum atomic E-state index is -0.972. The van der Waals surface area contributed by atoms with Gasteiger partial charge in [-0.3, -0.25) is 9.20 Å². The Bertz CT molecular complexity index is 914. The molecule has 2 heterocycles. The van der Waals surface area contributed by atoms with Gasteiger partial charge in [0.15, 0.2) is 0 Å². The number of hydrogen-bond acceptors (Lipinski definition) is 3. The van der Waals surface area contributed by atoms with Gasteiger partial charge in [-0.2, -0.15) is 5.10 Å². The number of nitrogens with two attached hydrogens (primary N) is 1. The molecule has 6 nitrogen and oxygen atoms in total. The smallest absolute Gasteiger partial charge is 0.349 e. The van der Waals surface area contributed by atoms with E-state index in [9.17, 15) is 14.0 Å². The summed E-state index contributed by atoms with van der Waals surface area (Å²) in [6.07, 6.45) is 3.09. The molecule has 0 aliphatic rings. The third kappa shape index (κ3) is 2.61. The fraction of sp³-hybridized carbons (Fsp3) is 0.188. The highest BCUT2D eigenvalue weighted by Gasteiger charge is 2.28. The van der Waals surface area contributed by atoms with Crippen molar-refractivity contribution in [3.05, 3.63) is 70.7 Å². The molecular formula is C16H15FN4O2. The van der Waals surface area contributed by atoms with Crippen molar-refractivity contribution in [3.63, 3.8) is 0 Å². The van der Waals surface area contributed by atoms with Gasteiger partial charge in [-0.05, 0) is 29.8 Å². The van der Waals surface area contributed by atoms with E-state index in [0.29, 0.717) is 11.1 Å². The van der Waals surface area contributed by atoms with Crippen molar-refractivity contribution in [1.82, 2.24) is 14.2 Å². The molecule has 3 aromatic rings. The van der Waals surface area contributed by atoms with Crippen molar-refractivity contribution in [1.29, 1.82) is 0 Å². The number of aromatic nitrogens is 3. The van der Waals surface area contributed by atoms with Gasteiger partial charge < -0.3 is 5.73 Å². The quantitative estimate of drug-likeness (QED) is 0.791. The summed E-state index contributed by atoms with van der Waals surface area (Å²) >= 11 is 0. The molecule has 2 N–H and O–H groups in total. The van der Waals surface area contributed by atoms with E-state index in [1.807, 2.05) is 0 Å². The fourth-order valence-corrected chi connectivity index (χ4v) is 2.67. The van der Waals surface area contributed by atoms with E-state index >= 15 is 0 Å². The minimum Gasteiger partial charge on any atom is -0.368 e. The van der Waals surface area contributed by atoms with Crippen molar-refractivity contribution >= 4 is 11.4 Å². The largest absolute Gasteiger partial charge is 0.368 e. The lowest BCUT2D eigenvalue weighted by molar-refractivity contribution is -0.122. The van der Waals surface area contributed by atoms with Crippen molar-refractivity contribution in [2.45, 2.75) is 18.9 Å². The van der Waals surface area contributed by atoms with Crippen LogP contribution in [0.4, 0.5) is 4.39 Å². The summed E-state index contributed by atoms with van der Waals surface area (Å²) in [6, 6.07) is 8.21. The predicted molar refractivity (Wildman–Crippen MR) is 82.5 cm³/mol. The normalized spacial score (nSPS) is 13.8. The third-order valence-electron chi connectivity index (χ3n) is 3.92. The molecule has 2 unspecified atom stereocenters. The molecule has 0 radical (unpaired) electrons. The van der Waals surface area contributed by atoms with E-state index < -0.39 is 23.6 Å². The standard InChI is InChI=1S/C16H15FN4O2/c1-10(11-4-6-12(17)7-5-11)14(15(18)22)21-16(23)20-8-2-3-13(20)9-19-21/h2-10,14H,1H3,(H2,18,22). The Morgan fingerprint density at radius 1 is 1.26 bits per heavy atom. The van der Waals surface area contributed by atoms with Gasteiger partial charge in [-0.15, -0.1) is 0 Å². The Morgan fingerprint density at radius 3 is 2.61 bits per heavy atom. The maximum absolute atomic E-state index is 13.1. The first kappa shape index (κ1) is 15.0. The number of carbonyl (C=O) groups excluding carboxylic acids is 1. The topological polar surface area (TPSA) is 82.4 Å². The Morgan fingerprint density at radius 2 is 1.96 bits per heavy atom. The van der Waals surface area contributed by atoms with Crippen LogP contribution in [0, 0.1) is 5.82 Å². The molecule has 0 aliphatic heterocycles. The highest BCUT2D eigenvalue weighted by molar-refractivity contribution is 5.79. The number of hydrogen-bond donors (Lipinski definition) is 1. The maximum Gasteiger partial charge on any atom is 0.349 e. The molecule has 2 atom stereocenters. The number of halogens is 1. The lowest BCUT2D eigenvalue weighted by Crippen LogP contribution is -2.40. The van der Waals surface area contributed by atoms with Crippen LogP contribution in [-0.4, -0.2) is 20.1 Å². The van der Waals surface area contributed by atoms with Crippen LogP contribution in [0.2, 0.25) is 0 Å². The first-order valence-electron chi connectivity index (χ1n) is 7.08. The van der Waals surface area contributed by atoms with Crippen LogP contribution in [-0.2, 0) is 4.79 Å². The van der Waals surface area contributed by atoms with Gasteiger partial charge in [0.1, 0.15) is 11.9 Å². The van der Waals surface area contributed by atoms with Gasteiger partial charge >= 0.3 is 5.69 Å². The molecule has 7 heteroatoms. The molecule has 118 valence electrons. The summed E-state index contributed by atoms with van der Waals surface area (Å²) in [6.45, 7) is 1.75. The molecule has 3 rings (SSSR count). The summed E-state index contributed by atoms with van der Waals surface area (Å²) in [5.74, 6) is -1.49. The molecule has 1 aromatic carbocycles. The molecule has 0 aliphatic carbocycles. The van der Waals surface area contributed by atoms with Crippen LogP contribution in [0.5, 0.6) is 0 Å². The Hall–Kier alpha value is -2.96. The Balaban J connectivity index is 2.10. The SMILES string of the molecule is CC(c1ccc(F)cc1)C(C(N)=O)n1ncc2cccn2c1=O. The zero-order valence-corrected chi connectivity index (χ0v) is 12.4. The summed E-state index contributed by atoms with van der Waals surface area (Å²) in [5, 5.41) is 4.07. The molecule has 23 heavy (non-hydrogen) atoms. The summed E-state index contributed by atoms with van der Waals surface area (Å²) < 4.78 is 15.5. The molecule has 0 fully saturated rings. The van der Waals surface area contributed by atoms with Crippen LogP contribution >= 0.6 is 0 Å². The van der Waals surface area contributed by atoms with Gasteiger partial charge in [-0.25, -0.2) is 13.9 Å². The second-order valence-electron chi connectivity index (χ2n) is 5.36. The monoisotopic (exact) mass is 314 g/mol. The van der Waals surface area contributed by atoms with Crippen molar-refractivity contribution in [2.75, 3.05) is 0 Å². The van der Waals surface area contributed by atoms with E-state index in [4.69, 9.17) is 5.73 Å². The van der Waals surface area contributed by atoms with Gasteiger partial charge in [0.05, 0.1) is 11.7 Å². The van der Waals surface area contributed by atoms with Gasteiger partial charge in [0.25, 0.3) is 0 Å².